The van der Waals surface area contributed by atoms with Gasteiger partial charge in [-0.3, -0.25) is 0 Å². The van der Waals surface area contributed by atoms with E-state index in [1.807, 2.05) is 0 Å². The summed E-state index contributed by atoms with van der Waals surface area (Å²) in [7, 11) is 0. The number of aryl methyl sites for hydroxylation is 1. The first-order valence-electron chi connectivity index (χ1n) is 7.35. The van der Waals surface area contributed by atoms with Gasteiger partial charge in [0.05, 0.1) is 0 Å². The van der Waals surface area contributed by atoms with Gasteiger partial charge < -0.3 is 9.84 Å². The summed E-state index contributed by atoms with van der Waals surface area (Å²) in [5, 5.41) is 7.56. The van der Waals surface area contributed by atoms with Crippen LogP contribution in [0.5, 0.6) is 0 Å². The van der Waals surface area contributed by atoms with Crippen LogP contribution >= 0.6 is 12.4 Å². The van der Waals surface area contributed by atoms with Gasteiger partial charge in [-0.2, -0.15) is 4.98 Å². The third-order valence-corrected chi connectivity index (χ3v) is 4.19. The summed E-state index contributed by atoms with van der Waals surface area (Å²) in [4.78, 5) is 4.65. The van der Waals surface area contributed by atoms with Crippen molar-refractivity contribution in [2.45, 2.75) is 38.5 Å². The van der Waals surface area contributed by atoms with Crippen LogP contribution in [0.2, 0.25) is 0 Å². The number of halogens is 1. The molecule has 21 heavy (non-hydrogen) atoms. The lowest BCUT2D eigenvalue weighted by Gasteiger charge is -2.18. The van der Waals surface area contributed by atoms with E-state index >= 15 is 0 Å². The molecule has 1 aromatic heterocycles. The van der Waals surface area contributed by atoms with Crippen LogP contribution in [0, 0.1) is 6.92 Å². The maximum Gasteiger partial charge on any atom is 0.229 e. The van der Waals surface area contributed by atoms with Gasteiger partial charge in [0.1, 0.15) is 0 Å². The van der Waals surface area contributed by atoms with E-state index in [0.717, 1.165) is 37.6 Å². The van der Waals surface area contributed by atoms with Gasteiger partial charge in [-0.1, -0.05) is 36.3 Å². The smallest absolute Gasteiger partial charge is 0.229 e. The van der Waals surface area contributed by atoms with E-state index in [0.29, 0.717) is 5.92 Å². The maximum absolute atomic E-state index is 5.50. The SMILES string of the molecule is Cc1ccccc1C(C)c1noc(C2CCNCC2)n1.Cl. The lowest BCUT2D eigenvalue weighted by atomic mass is 9.95. The van der Waals surface area contributed by atoms with Crippen molar-refractivity contribution in [1.82, 2.24) is 15.5 Å². The van der Waals surface area contributed by atoms with Crippen molar-refractivity contribution >= 4 is 12.4 Å². The molecule has 0 saturated carbocycles. The number of benzene rings is 1. The Labute approximate surface area is 131 Å². The van der Waals surface area contributed by atoms with Crippen molar-refractivity contribution in [3.05, 3.63) is 47.1 Å². The summed E-state index contributed by atoms with van der Waals surface area (Å²) in [6, 6.07) is 8.38. The monoisotopic (exact) mass is 307 g/mol. The zero-order chi connectivity index (χ0) is 13.9. The minimum absolute atomic E-state index is 0. The molecule has 1 fully saturated rings. The van der Waals surface area contributed by atoms with Gasteiger partial charge >= 0.3 is 0 Å². The molecule has 1 aromatic carbocycles. The fourth-order valence-electron chi connectivity index (χ4n) is 2.87. The average molecular weight is 308 g/mol. The molecule has 0 spiro atoms. The van der Waals surface area contributed by atoms with E-state index < -0.39 is 0 Å². The highest BCUT2D eigenvalue weighted by atomic mass is 35.5. The summed E-state index contributed by atoms with van der Waals surface area (Å²) in [6.45, 7) is 6.34. The van der Waals surface area contributed by atoms with Gasteiger partial charge in [0.15, 0.2) is 5.82 Å². The minimum atomic E-state index is 0. The van der Waals surface area contributed by atoms with Crippen molar-refractivity contribution in [3.63, 3.8) is 0 Å². The number of nitrogens with zero attached hydrogens (tertiary/aromatic N) is 2. The highest BCUT2D eigenvalue weighted by molar-refractivity contribution is 5.85. The van der Waals surface area contributed by atoms with Crippen molar-refractivity contribution in [2.75, 3.05) is 13.1 Å². The number of aromatic nitrogens is 2. The highest BCUT2D eigenvalue weighted by Gasteiger charge is 2.23. The molecular weight excluding hydrogens is 286 g/mol. The molecule has 0 bridgehead atoms. The van der Waals surface area contributed by atoms with Gasteiger partial charge in [-0.15, -0.1) is 12.4 Å². The minimum Gasteiger partial charge on any atom is -0.339 e. The highest BCUT2D eigenvalue weighted by Crippen LogP contribution is 2.28. The van der Waals surface area contributed by atoms with Crippen molar-refractivity contribution in [2.24, 2.45) is 0 Å². The van der Waals surface area contributed by atoms with Crippen molar-refractivity contribution in [3.8, 4) is 0 Å². The standard InChI is InChI=1S/C16H21N3O.ClH/c1-11-5-3-4-6-14(11)12(2)15-18-16(20-19-15)13-7-9-17-10-8-13;/h3-6,12-13,17H,7-10H2,1-2H3;1H. The molecule has 1 saturated heterocycles. The predicted molar refractivity (Wildman–Crippen MR) is 85.1 cm³/mol. The molecule has 1 atom stereocenters. The topological polar surface area (TPSA) is 51.0 Å². The maximum atomic E-state index is 5.50. The molecule has 0 radical (unpaired) electrons. The number of piperidine rings is 1. The normalized spacial score (nSPS) is 17.2. The Kier molecular flexibility index (Phi) is 5.37. The molecule has 2 heterocycles. The Morgan fingerprint density at radius 3 is 2.67 bits per heavy atom. The van der Waals surface area contributed by atoms with E-state index in [4.69, 9.17) is 4.52 Å². The molecule has 3 rings (SSSR count). The summed E-state index contributed by atoms with van der Waals surface area (Å²) < 4.78 is 5.50. The second kappa shape index (κ2) is 7.05. The van der Waals surface area contributed by atoms with Crippen LogP contribution in [-0.4, -0.2) is 23.2 Å². The first-order valence-corrected chi connectivity index (χ1v) is 7.35. The molecule has 0 amide bonds. The molecule has 1 aliphatic heterocycles. The Balaban J connectivity index is 0.00000161. The van der Waals surface area contributed by atoms with Crippen LogP contribution in [0.3, 0.4) is 0 Å². The van der Waals surface area contributed by atoms with E-state index in [1.54, 1.807) is 0 Å². The Morgan fingerprint density at radius 2 is 1.95 bits per heavy atom. The number of nitrogens with one attached hydrogen (secondary N) is 1. The third kappa shape index (κ3) is 3.44. The number of hydrogen-bond donors (Lipinski definition) is 1. The van der Waals surface area contributed by atoms with E-state index in [1.165, 1.54) is 11.1 Å². The van der Waals surface area contributed by atoms with Crippen LogP contribution in [0.4, 0.5) is 0 Å². The molecule has 1 N–H and O–H groups in total. The van der Waals surface area contributed by atoms with Crippen LogP contribution in [0.15, 0.2) is 28.8 Å². The van der Waals surface area contributed by atoms with Gasteiger partial charge in [0.2, 0.25) is 5.89 Å². The third-order valence-electron chi connectivity index (χ3n) is 4.19. The van der Waals surface area contributed by atoms with E-state index in [9.17, 15) is 0 Å². The fourth-order valence-corrected chi connectivity index (χ4v) is 2.87. The van der Waals surface area contributed by atoms with Crippen LogP contribution < -0.4 is 5.32 Å². The molecular formula is C16H22ClN3O. The predicted octanol–water partition coefficient (Wildman–Crippen LogP) is 3.42. The zero-order valence-electron chi connectivity index (χ0n) is 12.5. The second-order valence-electron chi connectivity index (χ2n) is 5.59. The lowest BCUT2D eigenvalue weighted by molar-refractivity contribution is 0.318. The molecule has 1 unspecified atom stereocenters. The van der Waals surface area contributed by atoms with Crippen molar-refractivity contribution in [1.29, 1.82) is 0 Å². The van der Waals surface area contributed by atoms with Crippen LogP contribution in [0.1, 0.15) is 54.4 Å². The van der Waals surface area contributed by atoms with Crippen molar-refractivity contribution < 1.29 is 4.52 Å². The lowest BCUT2D eigenvalue weighted by Crippen LogP contribution is -2.26. The quantitative estimate of drug-likeness (QED) is 0.944. The molecule has 0 aliphatic carbocycles. The fraction of sp³-hybridized carbons (Fsp3) is 0.500. The molecule has 4 nitrogen and oxygen atoms in total. The molecule has 2 aromatic rings. The largest absolute Gasteiger partial charge is 0.339 e. The summed E-state index contributed by atoms with van der Waals surface area (Å²) in [6.07, 6.45) is 2.17. The Morgan fingerprint density at radius 1 is 1.24 bits per heavy atom. The van der Waals surface area contributed by atoms with Crippen LogP contribution in [-0.2, 0) is 0 Å². The van der Waals surface area contributed by atoms with E-state index in [2.05, 4.69) is 53.6 Å². The first-order chi connectivity index (χ1) is 9.75. The average Bonchev–Trinajstić information content (AvgIpc) is 2.98. The second-order valence-corrected chi connectivity index (χ2v) is 5.59. The Hall–Kier alpha value is -1.39. The number of rotatable bonds is 3. The van der Waals surface area contributed by atoms with Crippen LogP contribution in [0.25, 0.3) is 0 Å². The Bertz CT molecular complexity index is 578. The number of hydrogen-bond acceptors (Lipinski definition) is 4. The first kappa shape index (κ1) is 16.0. The summed E-state index contributed by atoms with van der Waals surface area (Å²) in [5.41, 5.74) is 2.54. The van der Waals surface area contributed by atoms with E-state index in [-0.39, 0.29) is 18.3 Å². The molecule has 114 valence electrons. The molecule has 5 heteroatoms. The van der Waals surface area contributed by atoms with Gasteiger partial charge in [-0.25, -0.2) is 0 Å². The summed E-state index contributed by atoms with van der Waals surface area (Å²) in [5.74, 6) is 2.20. The zero-order valence-corrected chi connectivity index (χ0v) is 13.3. The van der Waals surface area contributed by atoms with Gasteiger partial charge in [0.25, 0.3) is 0 Å². The van der Waals surface area contributed by atoms with Gasteiger partial charge in [0, 0.05) is 11.8 Å². The molecule has 1 aliphatic rings. The van der Waals surface area contributed by atoms with Gasteiger partial charge in [-0.05, 0) is 44.0 Å². The summed E-state index contributed by atoms with van der Waals surface area (Å²) >= 11 is 0.